The first kappa shape index (κ1) is 25.6. The molecule has 0 bridgehead atoms. The molecule has 0 amide bonds. The molecule has 1 fully saturated rings. The third kappa shape index (κ3) is 6.03. The Balaban J connectivity index is 1.48. The summed E-state index contributed by atoms with van der Waals surface area (Å²) in [5.74, 6) is 0. The van der Waals surface area contributed by atoms with Gasteiger partial charge in [0.2, 0.25) is 0 Å². The zero-order chi connectivity index (χ0) is 24.9. The van der Waals surface area contributed by atoms with Crippen molar-refractivity contribution in [3.63, 3.8) is 0 Å². The molecule has 1 saturated heterocycles. The molecule has 0 aliphatic carbocycles. The Bertz CT molecular complexity index is 995. The van der Waals surface area contributed by atoms with E-state index in [1.807, 2.05) is 12.1 Å². The van der Waals surface area contributed by atoms with Gasteiger partial charge < -0.3 is 9.84 Å². The van der Waals surface area contributed by atoms with Crippen LogP contribution in [0.25, 0.3) is 0 Å². The molecule has 1 aliphatic heterocycles. The highest BCUT2D eigenvalue weighted by atomic mass is 16.5. The number of likely N-dealkylation sites (tertiary alicyclic amines) is 1. The third-order valence-electron chi connectivity index (χ3n) is 7.31. The minimum atomic E-state index is -0.936. The average Bonchev–Trinajstić information content (AvgIpc) is 2.88. The van der Waals surface area contributed by atoms with Crippen molar-refractivity contribution in [2.24, 2.45) is 0 Å². The van der Waals surface area contributed by atoms with Crippen molar-refractivity contribution < 1.29 is 9.84 Å². The second-order valence-electron chi connectivity index (χ2n) is 10.9. The van der Waals surface area contributed by atoms with Gasteiger partial charge in [0.1, 0.15) is 11.8 Å². The molecule has 1 N–H and O–H groups in total. The molecule has 3 aromatic carbocycles. The molecule has 4 rings (SSSR count). The van der Waals surface area contributed by atoms with E-state index in [4.69, 9.17) is 4.74 Å². The summed E-state index contributed by atoms with van der Waals surface area (Å²) in [4.78, 5) is 2.27. The maximum atomic E-state index is 11.9. The van der Waals surface area contributed by atoms with Crippen molar-refractivity contribution in [1.82, 2.24) is 4.90 Å². The van der Waals surface area contributed by atoms with Crippen LogP contribution in [0.4, 0.5) is 0 Å². The van der Waals surface area contributed by atoms with Crippen LogP contribution in [0.15, 0.2) is 84.9 Å². The molecular weight excluding hydrogens is 430 g/mol. The highest BCUT2D eigenvalue weighted by Crippen LogP contribution is 2.36. The molecule has 3 aromatic rings. The van der Waals surface area contributed by atoms with E-state index in [-0.39, 0.29) is 17.6 Å². The van der Waals surface area contributed by atoms with Crippen molar-refractivity contribution in [2.75, 3.05) is 13.1 Å². The molecule has 0 saturated carbocycles. The van der Waals surface area contributed by atoms with Crippen LogP contribution < -0.4 is 0 Å². The summed E-state index contributed by atoms with van der Waals surface area (Å²) >= 11 is 0. The Labute approximate surface area is 211 Å². The Morgan fingerprint density at radius 2 is 1.29 bits per heavy atom. The standard InChI is InChI=1S/C32H41NO2/c1-5-22-32(34,28-18-16-27(17-19-28)31(2,3)4)33-23-20-29(21-24-33)35-30(25-12-8-6-9-13-25)26-14-10-7-11-15-26/h6-19,29-30,34H,5,20-24H2,1-4H3. The third-order valence-corrected chi connectivity index (χ3v) is 7.31. The summed E-state index contributed by atoms with van der Waals surface area (Å²) in [5, 5.41) is 11.9. The van der Waals surface area contributed by atoms with Gasteiger partial charge in [-0.05, 0) is 46.9 Å². The minimum absolute atomic E-state index is 0.0755. The molecule has 1 unspecified atom stereocenters. The molecule has 1 heterocycles. The Morgan fingerprint density at radius 3 is 1.74 bits per heavy atom. The number of ether oxygens (including phenoxy) is 1. The second kappa shape index (κ2) is 11.1. The lowest BCUT2D eigenvalue weighted by atomic mass is 9.85. The fourth-order valence-electron chi connectivity index (χ4n) is 5.23. The second-order valence-corrected chi connectivity index (χ2v) is 10.9. The number of benzene rings is 3. The minimum Gasteiger partial charge on any atom is -0.371 e. The first-order valence-electron chi connectivity index (χ1n) is 13.1. The van der Waals surface area contributed by atoms with E-state index < -0.39 is 5.72 Å². The van der Waals surface area contributed by atoms with Crippen molar-refractivity contribution >= 4 is 0 Å². The van der Waals surface area contributed by atoms with Gasteiger partial charge in [0.25, 0.3) is 0 Å². The summed E-state index contributed by atoms with van der Waals surface area (Å²) in [6, 6.07) is 29.6. The van der Waals surface area contributed by atoms with Crippen LogP contribution in [0.1, 0.15) is 81.7 Å². The van der Waals surface area contributed by atoms with Gasteiger partial charge in [0, 0.05) is 13.1 Å². The first-order chi connectivity index (χ1) is 16.8. The molecule has 0 radical (unpaired) electrons. The lowest BCUT2D eigenvalue weighted by molar-refractivity contribution is -0.147. The van der Waals surface area contributed by atoms with Crippen LogP contribution in [0.5, 0.6) is 0 Å². The normalized spacial score (nSPS) is 17.4. The Hall–Kier alpha value is -2.46. The summed E-state index contributed by atoms with van der Waals surface area (Å²) in [6.07, 6.45) is 3.55. The van der Waals surface area contributed by atoms with Crippen LogP contribution >= 0.6 is 0 Å². The van der Waals surface area contributed by atoms with Gasteiger partial charge >= 0.3 is 0 Å². The number of hydrogen-bond acceptors (Lipinski definition) is 3. The van der Waals surface area contributed by atoms with Gasteiger partial charge in [0.05, 0.1) is 6.10 Å². The maximum absolute atomic E-state index is 11.9. The first-order valence-corrected chi connectivity index (χ1v) is 13.1. The number of rotatable bonds is 8. The summed E-state index contributed by atoms with van der Waals surface area (Å²) in [6.45, 7) is 10.5. The fourth-order valence-corrected chi connectivity index (χ4v) is 5.23. The van der Waals surface area contributed by atoms with E-state index >= 15 is 0 Å². The number of nitrogens with zero attached hydrogens (tertiary/aromatic N) is 1. The zero-order valence-electron chi connectivity index (χ0n) is 21.8. The quantitative estimate of drug-likeness (QED) is 0.377. The highest BCUT2D eigenvalue weighted by Gasteiger charge is 2.38. The fraction of sp³-hybridized carbons (Fsp3) is 0.438. The van der Waals surface area contributed by atoms with Crippen molar-refractivity contribution in [3.05, 3.63) is 107 Å². The molecule has 0 spiro atoms. The average molecular weight is 472 g/mol. The van der Waals surface area contributed by atoms with Gasteiger partial charge in [-0.15, -0.1) is 0 Å². The summed E-state index contributed by atoms with van der Waals surface area (Å²) < 4.78 is 6.74. The molecule has 1 atom stereocenters. The summed E-state index contributed by atoms with van der Waals surface area (Å²) in [7, 11) is 0. The molecule has 1 aliphatic rings. The number of aliphatic hydroxyl groups is 1. The monoisotopic (exact) mass is 471 g/mol. The van der Waals surface area contributed by atoms with Crippen LogP contribution in [0, 0.1) is 0 Å². The molecule has 3 heteroatoms. The van der Waals surface area contributed by atoms with Gasteiger partial charge in [-0.1, -0.05) is 119 Å². The van der Waals surface area contributed by atoms with E-state index in [1.54, 1.807) is 0 Å². The highest BCUT2D eigenvalue weighted by molar-refractivity contribution is 5.31. The lowest BCUT2D eigenvalue weighted by Gasteiger charge is -2.44. The largest absolute Gasteiger partial charge is 0.371 e. The number of piperidine rings is 1. The lowest BCUT2D eigenvalue weighted by Crippen LogP contribution is -2.51. The number of hydrogen-bond donors (Lipinski definition) is 1. The van der Waals surface area contributed by atoms with Gasteiger partial charge in [-0.2, -0.15) is 0 Å². The molecule has 186 valence electrons. The maximum Gasteiger partial charge on any atom is 0.144 e. The predicted octanol–water partition coefficient (Wildman–Crippen LogP) is 7.20. The van der Waals surface area contributed by atoms with E-state index in [2.05, 4.69) is 105 Å². The van der Waals surface area contributed by atoms with Gasteiger partial charge in [-0.25, -0.2) is 0 Å². The van der Waals surface area contributed by atoms with E-state index in [0.717, 1.165) is 44.3 Å². The van der Waals surface area contributed by atoms with Crippen LogP contribution in [0.2, 0.25) is 0 Å². The topological polar surface area (TPSA) is 32.7 Å². The Kier molecular flexibility index (Phi) is 8.11. The van der Waals surface area contributed by atoms with Crippen LogP contribution in [-0.2, 0) is 15.9 Å². The van der Waals surface area contributed by atoms with E-state index in [1.165, 1.54) is 16.7 Å². The molecular formula is C32H41NO2. The van der Waals surface area contributed by atoms with E-state index in [9.17, 15) is 5.11 Å². The van der Waals surface area contributed by atoms with Crippen LogP contribution in [-0.4, -0.2) is 29.2 Å². The van der Waals surface area contributed by atoms with E-state index in [0.29, 0.717) is 0 Å². The summed E-state index contributed by atoms with van der Waals surface area (Å²) in [5.41, 5.74) is 3.82. The molecule has 3 nitrogen and oxygen atoms in total. The smallest absolute Gasteiger partial charge is 0.144 e. The van der Waals surface area contributed by atoms with Crippen LogP contribution in [0.3, 0.4) is 0 Å². The van der Waals surface area contributed by atoms with Crippen molar-refractivity contribution in [1.29, 1.82) is 0 Å². The zero-order valence-corrected chi connectivity index (χ0v) is 21.8. The molecule has 0 aromatic heterocycles. The molecule has 35 heavy (non-hydrogen) atoms. The predicted molar refractivity (Wildman–Crippen MR) is 144 cm³/mol. The van der Waals surface area contributed by atoms with Gasteiger partial charge in [-0.3, -0.25) is 4.90 Å². The van der Waals surface area contributed by atoms with Gasteiger partial charge in [0.15, 0.2) is 0 Å². The van der Waals surface area contributed by atoms with Crippen molar-refractivity contribution in [3.8, 4) is 0 Å². The Morgan fingerprint density at radius 1 is 0.800 bits per heavy atom. The SMILES string of the molecule is CCCC(O)(c1ccc(C(C)(C)C)cc1)N1CCC(OC(c2ccccc2)c2ccccc2)CC1. The van der Waals surface area contributed by atoms with Crippen molar-refractivity contribution in [2.45, 2.75) is 76.7 Å².